The van der Waals surface area contributed by atoms with E-state index in [0.717, 1.165) is 24.4 Å². The number of anilines is 2. The topological polar surface area (TPSA) is 38.8 Å². The number of carbonyl (C=O) groups excluding carboxylic acids is 1. The van der Waals surface area contributed by atoms with Crippen LogP contribution in [0.4, 0.5) is 11.4 Å². The van der Waals surface area contributed by atoms with Crippen LogP contribution in [0.3, 0.4) is 0 Å². The van der Waals surface area contributed by atoms with Gasteiger partial charge in [0.15, 0.2) is 0 Å². The Bertz CT molecular complexity index is 804. The number of rotatable bonds is 6. The maximum Gasteiger partial charge on any atom is 0.330 e. The number of methoxy groups -OCH3 is 1. The molecule has 0 saturated carbocycles. The van der Waals surface area contributed by atoms with Crippen molar-refractivity contribution >= 4 is 29.1 Å². The Kier molecular flexibility index (Phi) is 5.34. The molecular formula is C20H21NO3S. The van der Waals surface area contributed by atoms with Gasteiger partial charge in [0.25, 0.3) is 0 Å². The molecule has 1 aliphatic heterocycles. The van der Waals surface area contributed by atoms with Crippen LogP contribution in [0.1, 0.15) is 12.0 Å². The van der Waals surface area contributed by atoms with Crippen LogP contribution >= 0.6 is 11.8 Å². The largest absolute Gasteiger partial charge is 0.497 e. The highest BCUT2D eigenvalue weighted by molar-refractivity contribution is 7.99. The standard InChI is InChI=1S/C20H21NO3S/c1-4-20(22)24-11-5-10-21-16-8-6-14(2)12-18(16)25-19-13-15(23-3)7-9-17(19)21/h4,6-9,12-13H,1,5,10-11H2,2-3H3. The number of aryl methyl sites for hydroxylation is 1. The molecule has 25 heavy (non-hydrogen) atoms. The first-order valence-electron chi connectivity index (χ1n) is 8.15. The van der Waals surface area contributed by atoms with Crippen LogP contribution in [-0.2, 0) is 9.53 Å². The molecule has 2 aromatic rings. The Morgan fingerprint density at radius 1 is 1.20 bits per heavy atom. The first-order chi connectivity index (χ1) is 12.1. The van der Waals surface area contributed by atoms with E-state index in [2.05, 4.69) is 48.7 Å². The first-order valence-corrected chi connectivity index (χ1v) is 8.97. The van der Waals surface area contributed by atoms with E-state index in [1.807, 2.05) is 6.07 Å². The van der Waals surface area contributed by atoms with Crippen molar-refractivity contribution in [2.75, 3.05) is 25.2 Å². The second-order valence-corrected chi connectivity index (χ2v) is 6.87. The van der Waals surface area contributed by atoms with Crippen LogP contribution < -0.4 is 9.64 Å². The average molecular weight is 355 g/mol. The number of benzene rings is 2. The number of hydrogen-bond acceptors (Lipinski definition) is 5. The molecule has 0 radical (unpaired) electrons. The van der Waals surface area contributed by atoms with E-state index in [1.165, 1.54) is 27.1 Å². The lowest BCUT2D eigenvalue weighted by molar-refractivity contribution is -0.137. The zero-order valence-corrected chi connectivity index (χ0v) is 15.3. The summed E-state index contributed by atoms with van der Waals surface area (Å²) in [5.74, 6) is 0.470. The molecule has 0 bridgehead atoms. The normalized spacial score (nSPS) is 12.2. The van der Waals surface area contributed by atoms with Crippen molar-refractivity contribution in [3.63, 3.8) is 0 Å². The van der Waals surface area contributed by atoms with Gasteiger partial charge in [-0.25, -0.2) is 4.79 Å². The zero-order valence-electron chi connectivity index (χ0n) is 14.5. The first kappa shape index (κ1) is 17.4. The molecule has 0 fully saturated rings. The molecule has 0 unspecified atom stereocenters. The molecule has 4 nitrogen and oxygen atoms in total. The summed E-state index contributed by atoms with van der Waals surface area (Å²) in [6.07, 6.45) is 1.93. The number of ether oxygens (including phenoxy) is 2. The second kappa shape index (κ2) is 7.66. The van der Waals surface area contributed by atoms with E-state index in [-0.39, 0.29) is 5.97 Å². The number of fused-ring (bicyclic) bond motifs is 2. The predicted molar refractivity (Wildman–Crippen MR) is 101 cm³/mol. The monoisotopic (exact) mass is 355 g/mol. The highest BCUT2D eigenvalue weighted by Gasteiger charge is 2.23. The van der Waals surface area contributed by atoms with Crippen LogP contribution in [0.25, 0.3) is 0 Å². The summed E-state index contributed by atoms with van der Waals surface area (Å²) in [7, 11) is 1.68. The minimum atomic E-state index is -0.379. The van der Waals surface area contributed by atoms with Gasteiger partial charge in [-0.1, -0.05) is 24.4 Å². The summed E-state index contributed by atoms with van der Waals surface area (Å²) in [6.45, 7) is 6.65. The molecule has 1 heterocycles. The van der Waals surface area contributed by atoms with Gasteiger partial charge in [-0.05, 0) is 49.2 Å². The molecule has 0 aromatic heterocycles. The third-order valence-corrected chi connectivity index (χ3v) is 5.11. The van der Waals surface area contributed by atoms with Crippen molar-refractivity contribution in [2.24, 2.45) is 0 Å². The van der Waals surface area contributed by atoms with Crippen LogP contribution in [0.15, 0.2) is 58.8 Å². The minimum absolute atomic E-state index is 0.376. The fraction of sp³-hybridized carbons (Fsp3) is 0.250. The van der Waals surface area contributed by atoms with Gasteiger partial charge in [-0.2, -0.15) is 0 Å². The third kappa shape index (κ3) is 3.82. The van der Waals surface area contributed by atoms with Gasteiger partial charge in [0.1, 0.15) is 5.75 Å². The van der Waals surface area contributed by atoms with E-state index < -0.39 is 0 Å². The number of hydrogen-bond donors (Lipinski definition) is 0. The van der Waals surface area contributed by atoms with E-state index >= 15 is 0 Å². The highest BCUT2D eigenvalue weighted by atomic mass is 32.2. The van der Waals surface area contributed by atoms with Gasteiger partial charge in [-0.3, -0.25) is 0 Å². The van der Waals surface area contributed by atoms with Crippen molar-refractivity contribution in [3.05, 3.63) is 54.6 Å². The zero-order chi connectivity index (χ0) is 17.8. The Balaban J connectivity index is 1.85. The van der Waals surface area contributed by atoms with Crippen molar-refractivity contribution < 1.29 is 14.3 Å². The molecule has 5 heteroatoms. The fourth-order valence-corrected chi connectivity index (χ4v) is 4.02. The molecule has 130 valence electrons. The lowest BCUT2D eigenvalue weighted by Gasteiger charge is -2.33. The Labute approximate surface area is 152 Å². The molecule has 0 spiro atoms. The van der Waals surface area contributed by atoms with E-state index in [4.69, 9.17) is 9.47 Å². The Morgan fingerprint density at radius 3 is 2.64 bits per heavy atom. The Hall–Kier alpha value is -2.40. The summed E-state index contributed by atoms with van der Waals surface area (Å²) in [5.41, 5.74) is 3.57. The molecule has 1 aliphatic rings. The summed E-state index contributed by atoms with van der Waals surface area (Å²) >= 11 is 1.76. The van der Waals surface area contributed by atoms with E-state index in [0.29, 0.717) is 6.61 Å². The van der Waals surface area contributed by atoms with Gasteiger partial charge in [0.05, 0.1) is 25.1 Å². The minimum Gasteiger partial charge on any atom is -0.497 e. The lowest BCUT2D eigenvalue weighted by Crippen LogP contribution is -2.23. The van der Waals surface area contributed by atoms with Gasteiger partial charge in [-0.15, -0.1) is 0 Å². The molecule has 0 amide bonds. The fourth-order valence-electron chi connectivity index (χ4n) is 2.80. The quantitative estimate of drug-likeness (QED) is 0.426. The summed E-state index contributed by atoms with van der Waals surface area (Å²) in [6, 6.07) is 12.6. The van der Waals surface area contributed by atoms with E-state index in [1.54, 1.807) is 18.9 Å². The van der Waals surface area contributed by atoms with E-state index in [9.17, 15) is 4.79 Å². The number of nitrogens with zero attached hydrogens (tertiary/aromatic N) is 1. The van der Waals surface area contributed by atoms with Crippen molar-refractivity contribution in [1.29, 1.82) is 0 Å². The summed E-state index contributed by atoms with van der Waals surface area (Å²) in [4.78, 5) is 15.9. The second-order valence-electron chi connectivity index (χ2n) is 5.78. The van der Waals surface area contributed by atoms with Gasteiger partial charge >= 0.3 is 5.97 Å². The summed E-state index contributed by atoms with van der Waals surface area (Å²) in [5, 5.41) is 0. The molecule has 0 aliphatic carbocycles. The maximum atomic E-state index is 11.2. The lowest BCUT2D eigenvalue weighted by atomic mass is 10.1. The van der Waals surface area contributed by atoms with Crippen LogP contribution in [0.5, 0.6) is 5.75 Å². The molecule has 0 N–H and O–H groups in total. The van der Waals surface area contributed by atoms with Gasteiger partial charge < -0.3 is 14.4 Å². The Morgan fingerprint density at radius 2 is 1.92 bits per heavy atom. The van der Waals surface area contributed by atoms with Gasteiger partial charge in [0.2, 0.25) is 0 Å². The molecule has 0 atom stereocenters. The van der Waals surface area contributed by atoms with Crippen LogP contribution in [0.2, 0.25) is 0 Å². The van der Waals surface area contributed by atoms with Crippen LogP contribution in [-0.4, -0.2) is 26.2 Å². The highest BCUT2D eigenvalue weighted by Crippen LogP contribution is 2.49. The molecule has 0 saturated heterocycles. The van der Waals surface area contributed by atoms with Gasteiger partial charge in [0, 0.05) is 22.4 Å². The third-order valence-electron chi connectivity index (χ3n) is 4.02. The maximum absolute atomic E-state index is 11.2. The average Bonchev–Trinajstić information content (AvgIpc) is 2.63. The van der Waals surface area contributed by atoms with Crippen molar-refractivity contribution in [1.82, 2.24) is 0 Å². The SMILES string of the molecule is C=CC(=O)OCCCN1c2ccc(C)cc2Sc2cc(OC)ccc21. The summed E-state index contributed by atoms with van der Waals surface area (Å²) < 4.78 is 10.5. The molecular weight excluding hydrogens is 334 g/mol. The van der Waals surface area contributed by atoms with Crippen LogP contribution in [0, 0.1) is 6.92 Å². The number of esters is 1. The van der Waals surface area contributed by atoms with Crippen molar-refractivity contribution in [2.45, 2.75) is 23.1 Å². The number of carbonyl (C=O) groups is 1. The molecule has 3 rings (SSSR count). The predicted octanol–water partition coefficient (Wildman–Crippen LogP) is 4.73. The smallest absolute Gasteiger partial charge is 0.330 e. The molecule has 2 aromatic carbocycles. The van der Waals surface area contributed by atoms with Crippen molar-refractivity contribution in [3.8, 4) is 5.75 Å².